The summed E-state index contributed by atoms with van der Waals surface area (Å²) in [4.78, 5) is 31.3. The van der Waals surface area contributed by atoms with Gasteiger partial charge in [-0.2, -0.15) is 13.2 Å². The molecule has 1 atom stereocenters. The minimum absolute atomic E-state index is 0.125. The maximum atomic E-state index is 11.3. The number of halogens is 3. The zero-order valence-electron chi connectivity index (χ0n) is 15.7. The number of carboxylic acid groups (broad SMARTS) is 1. The topological polar surface area (TPSA) is 123 Å². The Kier molecular flexibility index (Phi) is 9.81. The van der Waals surface area contributed by atoms with E-state index in [-0.39, 0.29) is 22.8 Å². The van der Waals surface area contributed by atoms with Crippen LogP contribution in [0.4, 0.5) is 13.2 Å². The van der Waals surface area contributed by atoms with Gasteiger partial charge in [-0.15, -0.1) is 5.10 Å². The molecule has 2 rings (SSSR count). The first-order valence-corrected chi connectivity index (χ1v) is 9.26. The van der Waals surface area contributed by atoms with E-state index in [9.17, 15) is 22.8 Å². The molecule has 1 aliphatic rings. The van der Waals surface area contributed by atoms with Crippen LogP contribution >= 0.6 is 11.8 Å². The van der Waals surface area contributed by atoms with E-state index in [1.807, 2.05) is 6.08 Å². The van der Waals surface area contributed by atoms with Crippen LogP contribution in [0.25, 0.3) is 6.08 Å². The minimum atomic E-state index is -5.08. The number of nitrogens with zero attached hydrogens (tertiary/aromatic N) is 3. The number of nitrogens with one attached hydrogen (secondary N) is 1. The Morgan fingerprint density at radius 1 is 1.45 bits per heavy atom. The van der Waals surface area contributed by atoms with Crippen LogP contribution in [0, 0.1) is 0 Å². The lowest BCUT2D eigenvalue weighted by Crippen LogP contribution is -2.32. The molecule has 0 amide bonds. The average Bonchev–Trinajstić information content (AvgIpc) is 3.08. The smallest absolute Gasteiger partial charge is 0.475 e. The Labute approximate surface area is 168 Å². The fourth-order valence-corrected chi connectivity index (χ4v) is 3.17. The molecule has 0 bridgehead atoms. The standard InChI is InChI=1S/C14H20N4O3S.C2HF3O2/c1-10(19)22-13-3-5-15-8-11(13)7-12-9-18(17-16-12)6-4-14(20)21-2;3-2(4,5)1(6)7/h7,9,13,15H,3-6,8H2,1-2H3;(H,6,7)/b11-7-;. The van der Waals surface area contributed by atoms with Crippen LogP contribution in [-0.2, 0) is 25.7 Å². The highest BCUT2D eigenvalue weighted by atomic mass is 32.2. The van der Waals surface area contributed by atoms with Gasteiger partial charge in [-0.1, -0.05) is 17.0 Å². The van der Waals surface area contributed by atoms with Crippen molar-refractivity contribution in [3.63, 3.8) is 0 Å². The Morgan fingerprint density at radius 2 is 2.10 bits per heavy atom. The molecule has 1 aromatic heterocycles. The molecule has 29 heavy (non-hydrogen) atoms. The second-order valence-corrected chi connectivity index (χ2v) is 7.20. The number of methoxy groups -OCH3 is 1. The highest BCUT2D eigenvalue weighted by molar-refractivity contribution is 8.14. The first kappa shape index (κ1) is 24.6. The van der Waals surface area contributed by atoms with E-state index in [0.29, 0.717) is 6.54 Å². The van der Waals surface area contributed by atoms with Gasteiger partial charge in [0.05, 0.1) is 26.3 Å². The number of esters is 1. The van der Waals surface area contributed by atoms with E-state index in [0.717, 1.165) is 30.8 Å². The van der Waals surface area contributed by atoms with E-state index >= 15 is 0 Å². The third-order valence-corrected chi connectivity index (χ3v) is 4.69. The van der Waals surface area contributed by atoms with Crippen molar-refractivity contribution in [1.82, 2.24) is 20.3 Å². The number of alkyl halides is 3. The van der Waals surface area contributed by atoms with Crippen molar-refractivity contribution in [2.24, 2.45) is 0 Å². The maximum absolute atomic E-state index is 11.3. The van der Waals surface area contributed by atoms with Gasteiger partial charge in [-0.05, 0) is 24.6 Å². The van der Waals surface area contributed by atoms with Gasteiger partial charge in [0.2, 0.25) is 0 Å². The second kappa shape index (κ2) is 11.6. The van der Waals surface area contributed by atoms with Crippen molar-refractivity contribution in [2.75, 3.05) is 20.2 Å². The van der Waals surface area contributed by atoms with Crippen LogP contribution in [0.15, 0.2) is 11.8 Å². The summed E-state index contributed by atoms with van der Waals surface area (Å²) in [6, 6.07) is 0. The summed E-state index contributed by atoms with van der Waals surface area (Å²) in [5.41, 5.74) is 1.88. The highest BCUT2D eigenvalue weighted by Crippen LogP contribution is 2.26. The molecular formula is C16H21F3N4O5S. The highest BCUT2D eigenvalue weighted by Gasteiger charge is 2.38. The van der Waals surface area contributed by atoms with E-state index in [1.165, 1.54) is 18.9 Å². The fraction of sp³-hybridized carbons (Fsp3) is 0.562. The number of carboxylic acids is 1. The molecule has 1 aliphatic heterocycles. The Hall–Kier alpha value is -2.41. The van der Waals surface area contributed by atoms with Crippen LogP contribution in [0.5, 0.6) is 0 Å². The number of carbonyl (C=O) groups excluding carboxylic acids is 2. The summed E-state index contributed by atoms with van der Waals surface area (Å²) in [6.45, 7) is 3.69. The van der Waals surface area contributed by atoms with Crippen LogP contribution < -0.4 is 5.32 Å². The van der Waals surface area contributed by atoms with Crippen molar-refractivity contribution in [3.8, 4) is 0 Å². The zero-order valence-corrected chi connectivity index (χ0v) is 16.5. The minimum Gasteiger partial charge on any atom is -0.475 e. The third-order valence-electron chi connectivity index (χ3n) is 3.54. The predicted molar refractivity (Wildman–Crippen MR) is 97.9 cm³/mol. The number of thioether (sulfide) groups is 1. The summed E-state index contributed by atoms with van der Waals surface area (Å²) in [5, 5.41) is 18.8. The Bertz CT molecular complexity index is 751. The normalized spacial score (nSPS) is 18.0. The van der Waals surface area contributed by atoms with Crippen LogP contribution in [0.1, 0.15) is 25.5 Å². The van der Waals surface area contributed by atoms with E-state index in [1.54, 1.807) is 17.8 Å². The van der Waals surface area contributed by atoms with Crippen molar-refractivity contribution < 1.29 is 37.4 Å². The molecule has 162 valence electrons. The van der Waals surface area contributed by atoms with Crippen LogP contribution in [0.3, 0.4) is 0 Å². The number of hydrogen-bond acceptors (Lipinski definition) is 8. The van der Waals surface area contributed by atoms with Gasteiger partial charge in [0.25, 0.3) is 0 Å². The molecule has 1 saturated heterocycles. The zero-order chi connectivity index (χ0) is 22.0. The first-order valence-electron chi connectivity index (χ1n) is 8.38. The van der Waals surface area contributed by atoms with Gasteiger partial charge >= 0.3 is 18.1 Å². The monoisotopic (exact) mass is 438 g/mol. The molecule has 1 aromatic rings. The molecule has 0 saturated carbocycles. The summed E-state index contributed by atoms with van der Waals surface area (Å²) >= 11 is 1.36. The van der Waals surface area contributed by atoms with Crippen molar-refractivity contribution in [2.45, 2.75) is 37.7 Å². The Balaban J connectivity index is 0.000000516. The maximum Gasteiger partial charge on any atom is 0.490 e. The van der Waals surface area contributed by atoms with E-state index in [4.69, 9.17) is 9.90 Å². The molecule has 0 spiro atoms. The summed E-state index contributed by atoms with van der Waals surface area (Å²) in [6.07, 6.45) is -0.138. The number of aromatic nitrogens is 3. The molecule has 13 heteroatoms. The predicted octanol–water partition coefficient (Wildman–Crippen LogP) is 1.50. The van der Waals surface area contributed by atoms with E-state index in [2.05, 4.69) is 20.4 Å². The molecule has 0 aromatic carbocycles. The number of piperidine rings is 1. The number of rotatable bonds is 5. The third kappa shape index (κ3) is 9.56. The van der Waals surface area contributed by atoms with Crippen molar-refractivity contribution in [3.05, 3.63) is 17.5 Å². The molecule has 9 nitrogen and oxygen atoms in total. The number of aryl methyl sites for hydroxylation is 1. The van der Waals surface area contributed by atoms with Crippen LogP contribution in [0.2, 0.25) is 0 Å². The average molecular weight is 438 g/mol. The Morgan fingerprint density at radius 3 is 2.66 bits per heavy atom. The molecule has 2 N–H and O–H groups in total. The molecule has 0 radical (unpaired) electrons. The van der Waals surface area contributed by atoms with Gasteiger partial charge in [0.15, 0.2) is 5.12 Å². The fourth-order valence-electron chi connectivity index (χ4n) is 2.23. The molecule has 1 unspecified atom stereocenters. The van der Waals surface area contributed by atoms with Gasteiger partial charge in [-0.25, -0.2) is 4.79 Å². The summed E-state index contributed by atoms with van der Waals surface area (Å²) < 4.78 is 37.9. The van der Waals surface area contributed by atoms with Gasteiger partial charge in [0.1, 0.15) is 5.69 Å². The summed E-state index contributed by atoms with van der Waals surface area (Å²) in [5.74, 6) is -3.03. The number of hydrogen-bond donors (Lipinski definition) is 2. The number of ether oxygens (including phenoxy) is 1. The quantitative estimate of drug-likeness (QED) is 0.658. The summed E-state index contributed by atoms with van der Waals surface area (Å²) in [7, 11) is 1.36. The van der Waals surface area contributed by atoms with Crippen molar-refractivity contribution >= 4 is 34.9 Å². The first-order chi connectivity index (χ1) is 13.5. The van der Waals surface area contributed by atoms with Gasteiger partial charge < -0.3 is 15.2 Å². The van der Waals surface area contributed by atoms with E-state index < -0.39 is 12.1 Å². The molecule has 1 fully saturated rings. The lowest BCUT2D eigenvalue weighted by molar-refractivity contribution is -0.192. The molecule has 2 heterocycles. The lowest BCUT2D eigenvalue weighted by atomic mass is 10.1. The molecular weight excluding hydrogens is 417 g/mol. The van der Waals surface area contributed by atoms with Crippen molar-refractivity contribution in [1.29, 1.82) is 0 Å². The van der Waals surface area contributed by atoms with Gasteiger partial charge in [0, 0.05) is 18.7 Å². The number of aliphatic carboxylic acids is 1. The van der Waals surface area contributed by atoms with Gasteiger partial charge in [-0.3, -0.25) is 14.3 Å². The lowest BCUT2D eigenvalue weighted by Gasteiger charge is -2.24. The number of carbonyl (C=O) groups is 3. The second-order valence-electron chi connectivity index (χ2n) is 5.82. The SMILES string of the molecule is COC(=O)CCn1cc(/C=C2/CNCCC2SC(C)=O)nn1.O=C(O)C(F)(F)F. The molecule has 0 aliphatic carbocycles. The van der Waals surface area contributed by atoms with Crippen LogP contribution in [-0.4, -0.2) is 68.8 Å². The largest absolute Gasteiger partial charge is 0.490 e.